The molecule has 0 unspecified atom stereocenters. The number of amides is 1. The van der Waals surface area contributed by atoms with E-state index in [4.69, 9.17) is 4.74 Å². The summed E-state index contributed by atoms with van der Waals surface area (Å²) in [5, 5.41) is 2.56. The Labute approximate surface area is 115 Å². The van der Waals surface area contributed by atoms with Crippen LogP contribution >= 0.6 is 0 Å². The highest BCUT2D eigenvalue weighted by molar-refractivity contribution is 6.04. The summed E-state index contributed by atoms with van der Waals surface area (Å²) in [7, 11) is 0. The highest BCUT2D eigenvalue weighted by Gasteiger charge is 2.08. The first-order chi connectivity index (χ1) is 9.54. The summed E-state index contributed by atoms with van der Waals surface area (Å²) in [5.41, 5.74) is 0.668. The third kappa shape index (κ3) is 3.65. The molecule has 2 aromatic carbocycles. The Morgan fingerprint density at radius 3 is 2.55 bits per heavy atom. The molecule has 102 valence electrons. The zero-order valence-corrected chi connectivity index (χ0v) is 10.7. The molecule has 0 aromatic heterocycles. The zero-order valence-electron chi connectivity index (χ0n) is 10.7. The fourth-order valence-corrected chi connectivity index (χ4v) is 1.64. The molecule has 4 nitrogen and oxygen atoms in total. The molecule has 0 aliphatic heterocycles. The second kappa shape index (κ2) is 5.97. The maximum Gasteiger partial charge on any atom is 0.308 e. The number of esters is 1. The first kappa shape index (κ1) is 13.7. The van der Waals surface area contributed by atoms with Crippen LogP contribution in [0.3, 0.4) is 0 Å². The van der Waals surface area contributed by atoms with E-state index in [1.54, 1.807) is 24.3 Å². The second-order valence-corrected chi connectivity index (χ2v) is 4.09. The summed E-state index contributed by atoms with van der Waals surface area (Å²) in [6.07, 6.45) is 0. The predicted molar refractivity (Wildman–Crippen MR) is 72.1 cm³/mol. The van der Waals surface area contributed by atoms with Gasteiger partial charge in [0.25, 0.3) is 5.91 Å². The molecular formula is C15H12FNO3. The van der Waals surface area contributed by atoms with Crippen LogP contribution in [-0.2, 0) is 4.79 Å². The van der Waals surface area contributed by atoms with Gasteiger partial charge in [0.05, 0.1) is 0 Å². The molecule has 0 radical (unpaired) electrons. The van der Waals surface area contributed by atoms with Gasteiger partial charge in [0.15, 0.2) is 0 Å². The summed E-state index contributed by atoms with van der Waals surface area (Å²) >= 11 is 0. The van der Waals surface area contributed by atoms with Gasteiger partial charge in [0.2, 0.25) is 0 Å². The molecular weight excluding hydrogens is 261 g/mol. The minimum absolute atomic E-state index is 0.282. The summed E-state index contributed by atoms with van der Waals surface area (Å²) in [6, 6.07) is 11.8. The average molecular weight is 273 g/mol. The molecule has 0 spiro atoms. The van der Waals surface area contributed by atoms with Crippen molar-refractivity contribution in [3.63, 3.8) is 0 Å². The van der Waals surface area contributed by atoms with E-state index in [1.807, 2.05) is 0 Å². The Kier molecular flexibility index (Phi) is 4.10. The van der Waals surface area contributed by atoms with Crippen LogP contribution in [0.2, 0.25) is 0 Å². The first-order valence-electron chi connectivity index (χ1n) is 5.90. The van der Waals surface area contributed by atoms with Crippen molar-refractivity contribution in [1.29, 1.82) is 0 Å². The predicted octanol–water partition coefficient (Wildman–Crippen LogP) is 3.00. The van der Waals surface area contributed by atoms with Crippen LogP contribution in [0.25, 0.3) is 0 Å². The lowest BCUT2D eigenvalue weighted by Gasteiger charge is -2.07. The number of halogens is 1. The number of hydrogen-bond acceptors (Lipinski definition) is 3. The van der Waals surface area contributed by atoms with Gasteiger partial charge in [0, 0.05) is 18.2 Å². The van der Waals surface area contributed by atoms with E-state index in [-0.39, 0.29) is 5.75 Å². The van der Waals surface area contributed by atoms with Crippen LogP contribution < -0.4 is 10.1 Å². The molecule has 2 rings (SSSR count). The molecule has 0 aliphatic carbocycles. The van der Waals surface area contributed by atoms with Crippen molar-refractivity contribution < 1.29 is 18.7 Å². The molecule has 1 amide bonds. The Morgan fingerprint density at radius 1 is 1.10 bits per heavy atom. The van der Waals surface area contributed by atoms with E-state index < -0.39 is 17.7 Å². The van der Waals surface area contributed by atoms with E-state index in [9.17, 15) is 14.0 Å². The van der Waals surface area contributed by atoms with Crippen molar-refractivity contribution in [1.82, 2.24) is 0 Å². The lowest BCUT2D eigenvalue weighted by Crippen LogP contribution is -2.12. The van der Waals surface area contributed by atoms with Crippen LogP contribution in [0.5, 0.6) is 5.75 Å². The zero-order chi connectivity index (χ0) is 14.5. The summed E-state index contributed by atoms with van der Waals surface area (Å²) in [4.78, 5) is 22.8. The van der Waals surface area contributed by atoms with Crippen LogP contribution in [0.4, 0.5) is 10.1 Å². The molecule has 0 aliphatic rings. The van der Waals surface area contributed by atoms with E-state index in [1.165, 1.54) is 31.2 Å². The van der Waals surface area contributed by atoms with Gasteiger partial charge >= 0.3 is 5.97 Å². The summed E-state index contributed by atoms with van der Waals surface area (Å²) in [6.45, 7) is 1.28. The van der Waals surface area contributed by atoms with Gasteiger partial charge in [0.1, 0.15) is 11.6 Å². The Hall–Kier alpha value is -2.69. The number of nitrogens with one attached hydrogen (secondary N) is 1. The molecule has 1 N–H and O–H groups in total. The fourth-order valence-electron chi connectivity index (χ4n) is 1.64. The van der Waals surface area contributed by atoms with E-state index in [0.29, 0.717) is 11.3 Å². The molecule has 0 heterocycles. The van der Waals surface area contributed by atoms with Crippen molar-refractivity contribution in [2.45, 2.75) is 6.92 Å². The molecule has 2 aromatic rings. The number of benzene rings is 2. The van der Waals surface area contributed by atoms with E-state index in [0.717, 1.165) is 0 Å². The molecule has 0 fully saturated rings. The normalized spacial score (nSPS) is 9.90. The Morgan fingerprint density at radius 2 is 1.85 bits per heavy atom. The molecule has 0 saturated carbocycles. The molecule has 20 heavy (non-hydrogen) atoms. The van der Waals surface area contributed by atoms with Gasteiger partial charge in [-0.05, 0) is 36.4 Å². The van der Waals surface area contributed by atoms with Crippen molar-refractivity contribution in [3.8, 4) is 5.75 Å². The molecule has 0 saturated heterocycles. The van der Waals surface area contributed by atoms with Crippen molar-refractivity contribution >= 4 is 17.6 Å². The first-order valence-corrected chi connectivity index (χ1v) is 5.90. The highest BCUT2D eigenvalue weighted by Crippen LogP contribution is 2.16. The van der Waals surface area contributed by atoms with Crippen LogP contribution in [-0.4, -0.2) is 11.9 Å². The maximum absolute atomic E-state index is 13.0. The second-order valence-electron chi connectivity index (χ2n) is 4.09. The monoisotopic (exact) mass is 273 g/mol. The summed E-state index contributed by atoms with van der Waals surface area (Å²) < 4.78 is 17.9. The lowest BCUT2D eigenvalue weighted by atomic mass is 10.2. The topological polar surface area (TPSA) is 55.4 Å². The van der Waals surface area contributed by atoms with Crippen molar-refractivity contribution in [2.24, 2.45) is 0 Å². The summed E-state index contributed by atoms with van der Waals surface area (Å²) in [5.74, 6) is -1.03. The number of rotatable bonds is 3. The SMILES string of the molecule is CC(=O)Oc1cccc(C(=O)Nc2cccc(F)c2)c1. The third-order valence-electron chi connectivity index (χ3n) is 2.44. The van der Waals surface area contributed by atoms with Gasteiger partial charge in [-0.3, -0.25) is 9.59 Å². The van der Waals surface area contributed by atoms with E-state index >= 15 is 0 Å². The van der Waals surface area contributed by atoms with Crippen LogP contribution in [0.15, 0.2) is 48.5 Å². The van der Waals surface area contributed by atoms with Gasteiger partial charge in [-0.15, -0.1) is 0 Å². The lowest BCUT2D eigenvalue weighted by molar-refractivity contribution is -0.131. The van der Waals surface area contributed by atoms with Gasteiger partial charge in [-0.2, -0.15) is 0 Å². The van der Waals surface area contributed by atoms with Crippen LogP contribution in [0, 0.1) is 5.82 Å². The van der Waals surface area contributed by atoms with Crippen molar-refractivity contribution in [2.75, 3.05) is 5.32 Å². The standard InChI is InChI=1S/C15H12FNO3/c1-10(18)20-14-7-2-4-11(8-14)15(19)17-13-6-3-5-12(16)9-13/h2-9H,1H3,(H,17,19). The van der Waals surface area contributed by atoms with Gasteiger partial charge in [-0.1, -0.05) is 12.1 Å². The van der Waals surface area contributed by atoms with Gasteiger partial charge in [-0.25, -0.2) is 4.39 Å². The molecule has 5 heteroatoms. The third-order valence-corrected chi connectivity index (χ3v) is 2.44. The Bertz CT molecular complexity index is 655. The maximum atomic E-state index is 13.0. The molecule has 0 bridgehead atoms. The number of anilines is 1. The minimum atomic E-state index is -0.465. The number of carbonyl (C=O) groups is 2. The number of carbonyl (C=O) groups excluding carboxylic acids is 2. The average Bonchev–Trinajstić information content (AvgIpc) is 2.38. The smallest absolute Gasteiger partial charge is 0.308 e. The number of ether oxygens (including phenoxy) is 1. The fraction of sp³-hybridized carbons (Fsp3) is 0.0667. The molecule has 0 atom stereocenters. The van der Waals surface area contributed by atoms with Gasteiger partial charge < -0.3 is 10.1 Å². The highest BCUT2D eigenvalue weighted by atomic mass is 19.1. The quantitative estimate of drug-likeness (QED) is 0.691. The van der Waals surface area contributed by atoms with E-state index in [2.05, 4.69) is 5.32 Å². The number of hydrogen-bond donors (Lipinski definition) is 1. The Balaban J connectivity index is 2.15. The van der Waals surface area contributed by atoms with Crippen LogP contribution in [0.1, 0.15) is 17.3 Å². The minimum Gasteiger partial charge on any atom is -0.427 e. The largest absolute Gasteiger partial charge is 0.427 e. The van der Waals surface area contributed by atoms with Crippen molar-refractivity contribution in [3.05, 3.63) is 59.9 Å².